The molecule has 0 amide bonds. The first-order valence-corrected chi connectivity index (χ1v) is 3.52. The number of hydrogen-bond acceptors (Lipinski definition) is 4. The number of nitrogens with one attached hydrogen (secondary N) is 1. The molecule has 0 aromatic rings. The minimum atomic E-state index is -4.40. The highest BCUT2D eigenvalue weighted by atomic mass is 19.4. The molecule has 0 fully saturated rings. The smallest absolute Gasteiger partial charge is 0.413 e. The maximum absolute atomic E-state index is 11.4. The highest BCUT2D eigenvalue weighted by Crippen LogP contribution is 2.13. The molecule has 4 nitrogen and oxygen atoms in total. The van der Waals surface area contributed by atoms with Crippen molar-refractivity contribution in [1.29, 1.82) is 0 Å². The van der Waals surface area contributed by atoms with Gasteiger partial charge in [-0.05, 0) is 6.92 Å². The van der Waals surface area contributed by atoms with Gasteiger partial charge >= 0.3 is 12.1 Å². The molecule has 0 unspecified atom stereocenters. The maximum atomic E-state index is 11.4. The second kappa shape index (κ2) is 5.76. The lowest BCUT2D eigenvalue weighted by Crippen LogP contribution is -2.29. The van der Waals surface area contributed by atoms with Crippen molar-refractivity contribution in [2.75, 3.05) is 19.8 Å². The topological polar surface area (TPSA) is 47.6 Å². The molecule has 0 heterocycles. The molecule has 0 aromatic heterocycles. The molecule has 0 atom stereocenters. The number of rotatable bonds is 5. The predicted octanol–water partition coefficient (Wildman–Crippen LogP) is 0.633. The highest BCUT2D eigenvalue weighted by Gasteiger charge is 2.27. The Morgan fingerprint density at radius 3 is 2.54 bits per heavy atom. The van der Waals surface area contributed by atoms with Gasteiger partial charge in [0.15, 0.2) is 6.61 Å². The molecular formula is C6H10F3NO3. The van der Waals surface area contributed by atoms with E-state index >= 15 is 0 Å². The molecule has 0 saturated heterocycles. The van der Waals surface area contributed by atoms with Crippen LogP contribution in [0, 0.1) is 0 Å². The van der Waals surface area contributed by atoms with Crippen molar-refractivity contribution in [2.24, 2.45) is 0 Å². The van der Waals surface area contributed by atoms with Gasteiger partial charge in [0, 0.05) is 0 Å². The quantitative estimate of drug-likeness (QED) is 0.402. The highest BCUT2D eigenvalue weighted by molar-refractivity contribution is 5.71. The molecule has 0 radical (unpaired) electrons. The molecule has 78 valence electrons. The second-order valence-corrected chi connectivity index (χ2v) is 2.03. The Morgan fingerprint density at radius 2 is 2.08 bits per heavy atom. The summed E-state index contributed by atoms with van der Waals surface area (Å²) in [6.07, 6.45) is -4.40. The summed E-state index contributed by atoms with van der Waals surface area (Å²) < 4.78 is 38.8. The number of alkyl halides is 3. The first-order chi connectivity index (χ1) is 5.95. The van der Waals surface area contributed by atoms with E-state index in [2.05, 4.69) is 9.57 Å². The van der Waals surface area contributed by atoms with E-state index in [1.165, 1.54) is 0 Å². The number of ether oxygens (including phenoxy) is 1. The fraction of sp³-hybridized carbons (Fsp3) is 0.833. The Labute approximate surface area is 73.0 Å². The molecular weight excluding hydrogens is 191 g/mol. The second-order valence-electron chi connectivity index (χ2n) is 2.03. The molecule has 1 N–H and O–H groups in total. The average Bonchev–Trinajstić information content (AvgIpc) is 1.97. The Morgan fingerprint density at radius 1 is 1.46 bits per heavy atom. The SMILES string of the molecule is CCOC(=O)CNOCC(F)(F)F. The molecule has 0 aliphatic rings. The number of hydroxylamine groups is 1. The molecule has 0 aliphatic carbocycles. The third-order valence-electron chi connectivity index (χ3n) is 0.860. The van der Waals surface area contributed by atoms with Gasteiger partial charge in [-0.3, -0.25) is 9.63 Å². The summed E-state index contributed by atoms with van der Waals surface area (Å²) in [5, 5.41) is 0. The summed E-state index contributed by atoms with van der Waals surface area (Å²) in [6.45, 7) is -0.0649. The average molecular weight is 201 g/mol. The Balaban J connectivity index is 3.31. The zero-order chi connectivity index (χ0) is 10.3. The van der Waals surface area contributed by atoms with E-state index in [9.17, 15) is 18.0 Å². The minimum Gasteiger partial charge on any atom is -0.465 e. The van der Waals surface area contributed by atoms with E-state index in [0.717, 1.165) is 0 Å². The van der Waals surface area contributed by atoms with E-state index < -0.39 is 25.3 Å². The van der Waals surface area contributed by atoms with Crippen molar-refractivity contribution < 1.29 is 27.5 Å². The predicted molar refractivity (Wildman–Crippen MR) is 36.6 cm³/mol. The van der Waals surface area contributed by atoms with Gasteiger partial charge in [-0.2, -0.15) is 18.7 Å². The van der Waals surface area contributed by atoms with Crippen LogP contribution >= 0.6 is 0 Å². The summed E-state index contributed by atoms with van der Waals surface area (Å²) in [6, 6.07) is 0. The molecule has 0 aliphatic heterocycles. The molecule has 0 rings (SSSR count). The van der Waals surface area contributed by atoms with E-state index in [1.54, 1.807) is 6.92 Å². The van der Waals surface area contributed by atoms with Crippen LogP contribution in [0.2, 0.25) is 0 Å². The van der Waals surface area contributed by atoms with E-state index in [1.807, 2.05) is 5.48 Å². The van der Waals surface area contributed by atoms with Crippen molar-refractivity contribution >= 4 is 5.97 Å². The van der Waals surface area contributed by atoms with Gasteiger partial charge in [0.2, 0.25) is 0 Å². The van der Waals surface area contributed by atoms with Crippen molar-refractivity contribution in [3.8, 4) is 0 Å². The Kier molecular flexibility index (Phi) is 5.40. The molecule has 0 bridgehead atoms. The van der Waals surface area contributed by atoms with Crippen LogP contribution < -0.4 is 5.48 Å². The lowest BCUT2D eigenvalue weighted by Gasteiger charge is -2.07. The van der Waals surface area contributed by atoms with Crippen LogP contribution in [0.4, 0.5) is 13.2 Å². The van der Waals surface area contributed by atoms with Gasteiger partial charge in [0.1, 0.15) is 6.54 Å². The zero-order valence-electron chi connectivity index (χ0n) is 6.98. The number of halogens is 3. The van der Waals surface area contributed by atoms with Crippen molar-refractivity contribution in [2.45, 2.75) is 13.1 Å². The number of hydrogen-bond donors (Lipinski definition) is 1. The van der Waals surface area contributed by atoms with Gasteiger partial charge in [-0.15, -0.1) is 0 Å². The molecule has 0 spiro atoms. The Hall–Kier alpha value is -0.820. The normalized spacial score (nSPS) is 11.4. The van der Waals surface area contributed by atoms with Crippen molar-refractivity contribution in [3.05, 3.63) is 0 Å². The number of esters is 1. The fourth-order valence-corrected chi connectivity index (χ4v) is 0.455. The molecule has 13 heavy (non-hydrogen) atoms. The zero-order valence-corrected chi connectivity index (χ0v) is 6.98. The maximum Gasteiger partial charge on any atom is 0.413 e. The van der Waals surface area contributed by atoms with Crippen LogP contribution in [0.15, 0.2) is 0 Å². The van der Waals surface area contributed by atoms with Crippen LogP contribution in [0.3, 0.4) is 0 Å². The van der Waals surface area contributed by atoms with Gasteiger partial charge in [-0.25, -0.2) is 0 Å². The summed E-state index contributed by atoms with van der Waals surface area (Å²) in [7, 11) is 0. The lowest BCUT2D eigenvalue weighted by molar-refractivity contribution is -0.191. The van der Waals surface area contributed by atoms with Crippen molar-refractivity contribution in [1.82, 2.24) is 5.48 Å². The molecule has 0 aromatic carbocycles. The van der Waals surface area contributed by atoms with Gasteiger partial charge in [0.05, 0.1) is 6.61 Å². The summed E-state index contributed by atoms with van der Waals surface area (Å²) in [4.78, 5) is 14.5. The van der Waals surface area contributed by atoms with Crippen LogP contribution in [0.5, 0.6) is 0 Å². The van der Waals surface area contributed by atoms with E-state index in [-0.39, 0.29) is 6.61 Å². The summed E-state index contributed by atoms with van der Waals surface area (Å²) in [5.41, 5.74) is 1.83. The van der Waals surface area contributed by atoms with Gasteiger partial charge in [0.25, 0.3) is 0 Å². The van der Waals surface area contributed by atoms with Gasteiger partial charge < -0.3 is 4.74 Å². The fourth-order valence-electron chi connectivity index (χ4n) is 0.455. The van der Waals surface area contributed by atoms with E-state index in [0.29, 0.717) is 0 Å². The standard InChI is InChI=1S/C6H10F3NO3/c1-2-12-5(11)3-10-13-4-6(7,8)9/h10H,2-4H2,1H3. The third-order valence-corrected chi connectivity index (χ3v) is 0.860. The van der Waals surface area contributed by atoms with Crippen LogP contribution in [0.1, 0.15) is 6.92 Å². The van der Waals surface area contributed by atoms with Gasteiger partial charge in [-0.1, -0.05) is 0 Å². The van der Waals surface area contributed by atoms with E-state index in [4.69, 9.17) is 0 Å². The van der Waals surface area contributed by atoms with Crippen LogP contribution in [-0.4, -0.2) is 31.9 Å². The monoisotopic (exact) mass is 201 g/mol. The summed E-state index contributed by atoms with van der Waals surface area (Å²) >= 11 is 0. The molecule has 7 heteroatoms. The molecule has 0 saturated carbocycles. The Bertz CT molecular complexity index is 160. The number of carbonyl (C=O) groups excluding carboxylic acids is 1. The minimum absolute atomic E-state index is 0.180. The van der Waals surface area contributed by atoms with Crippen LogP contribution in [0.25, 0.3) is 0 Å². The number of carbonyl (C=O) groups is 1. The third kappa shape index (κ3) is 9.09. The van der Waals surface area contributed by atoms with Crippen molar-refractivity contribution in [3.63, 3.8) is 0 Å². The lowest BCUT2D eigenvalue weighted by atomic mass is 10.7. The van der Waals surface area contributed by atoms with Crippen LogP contribution in [-0.2, 0) is 14.4 Å². The first-order valence-electron chi connectivity index (χ1n) is 3.52. The first kappa shape index (κ1) is 12.2. The summed E-state index contributed by atoms with van der Waals surface area (Å²) in [5.74, 6) is -0.662. The largest absolute Gasteiger partial charge is 0.465 e.